The molecule has 2 heteroatoms. The van der Waals surface area contributed by atoms with Crippen molar-refractivity contribution in [2.45, 2.75) is 65.3 Å². The molecule has 19 heavy (non-hydrogen) atoms. The molecule has 1 heterocycles. The van der Waals surface area contributed by atoms with E-state index in [4.69, 9.17) is 0 Å². The third-order valence-corrected chi connectivity index (χ3v) is 5.05. The molecule has 0 aromatic carbocycles. The van der Waals surface area contributed by atoms with Crippen molar-refractivity contribution >= 4 is 0 Å². The molecule has 1 aliphatic heterocycles. The zero-order valence-electron chi connectivity index (χ0n) is 13.3. The Hall–Kier alpha value is -0.0800. The van der Waals surface area contributed by atoms with Crippen molar-refractivity contribution in [2.24, 2.45) is 17.8 Å². The van der Waals surface area contributed by atoms with Gasteiger partial charge in [-0.15, -0.1) is 0 Å². The molecular formula is C17H34N2. The van der Waals surface area contributed by atoms with Crippen LogP contribution in [0.5, 0.6) is 0 Å². The predicted molar refractivity (Wildman–Crippen MR) is 83.4 cm³/mol. The van der Waals surface area contributed by atoms with Crippen LogP contribution in [0.4, 0.5) is 0 Å². The van der Waals surface area contributed by atoms with E-state index in [1.165, 1.54) is 64.7 Å². The molecule has 1 N–H and O–H groups in total. The molecule has 2 aliphatic rings. The van der Waals surface area contributed by atoms with Crippen LogP contribution in [0.3, 0.4) is 0 Å². The molecule has 0 amide bonds. The van der Waals surface area contributed by atoms with Crippen LogP contribution in [0.15, 0.2) is 0 Å². The van der Waals surface area contributed by atoms with E-state index in [1.807, 2.05) is 0 Å². The third-order valence-electron chi connectivity index (χ3n) is 5.05. The first-order valence-electron chi connectivity index (χ1n) is 8.60. The highest BCUT2D eigenvalue weighted by atomic mass is 15.2. The van der Waals surface area contributed by atoms with E-state index in [9.17, 15) is 0 Å². The lowest BCUT2D eigenvalue weighted by atomic mass is 10.0. The topological polar surface area (TPSA) is 15.3 Å². The summed E-state index contributed by atoms with van der Waals surface area (Å²) in [5.74, 6) is 2.65. The fraction of sp³-hybridized carbons (Fsp3) is 1.00. The van der Waals surface area contributed by atoms with Crippen LogP contribution in [0.1, 0.15) is 59.3 Å². The Bertz CT molecular complexity index is 252. The quantitative estimate of drug-likeness (QED) is 0.766. The van der Waals surface area contributed by atoms with Crippen molar-refractivity contribution in [1.82, 2.24) is 10.2 Å². The minimum Gasteiger partial charge on any atom is -0.316 e. The van der Waals surface area contributed by atoms with Gasteiger partial charge in [0.25, 0.3) is 0 Å². The Kier molecular flexibility index (Phi) is 6.15. The van der Waals surface area contributed by atoms with Gasteiger partial charge in [-0.05, 0) is 63.1 Å². The van der Waals surface area contributed by atoms with Gasteiger partial charge in [-0.2, -0.15) is 0 Å². The summed E-state index contributed by atoms with van der Waals surface area (Å²) in [5, 5.41) is 3.64. The molecule has 0 bridgehead atoms. The SMILES string of the molecule is CC(C)CNCC1CCN(C2CCCC(C)CC2)C1. The lowest BCUT2D eigenvalue weighted by Gasteiger charge is -2.27. The lowest BCUT2D eigenvalue weighted by Crippen LogP contribution is -2.34. The van der Waals surface area contributed by atoms with Crippen LogP contribution >= 0.6 is 0 Å². The van der Waals surface area contributed by atoms with Gasteiger partial charge < -0.3 is 10.2 Å². The molecule has 0 spiro atoms. The molecule has 2 nitrogen and oxygen atoms in total. The molecule has 3 unspecified atom stereocenters. The first-order chi connectivity index (χ1) is 9.15. The summed E-state index contributed by atoms with van der Waals surface area (Å²) < 4.78 is 0. The molecule has 0 aromatic rings. The Labute approximate surface area is 120 Å². The van der Waals surface area contributed by atoms with Gasteiger partial charge in [-0.25, -0.2) is 0 Å². The highest BCUT2D eigenvalue weighted by molar-refractivity contribution is 4.84. The number of hydrogen-bond acceptors (Lipinski definition) is 2. The average Bonchev–Trinajstić information content (AvgIpc) is 2.71. The molecule has 2 fully saturated rings. The average molecular weight is 266 g/mol. The Morgan fingerprint density at radius 3 is 2.74 bits per heavy atom. The van der Waals surface area contributed by atoms with Gasteiger partial charge >= 0.3 is 0 Å². The molecule has 1 saturated heterocycles. The van der Waals surface area contributed by atoms with Gasteiger partial charge in [0.05, 0.1) is 0 Å². The van der Waals surface area contributed by atoms with Gasteiger partial charge in [0.15, 0.2) is 0 Å². The summed E-state index contributed by atoms with van der Waals surface area (Å²) in [7, 11) is 0. The van der Waals surface area contributed by atoms with E-state index in [-0.39, 0.29) is 0 Å². The second-order valence-corrected chi connectivity index (χ2v) is 7.47. The van der Waals surface area contributed by atoms with Gasteiger partial charge in [0, 0.05) is 12.6 Å². The van der Waals surface area contributed by atoms with E-state index < -0.39 is 0 Å². The molecule has 0 radical (unpaired) electrons. The summed E-state index contributed by atoms with van der Waals surface area (Å²) in [5.41, 5.74) is 0. The van der Waals surface area contributed by atoms with Crippen LogP contribution < -0.4 is 5.32 Å². The molecule has 1 aliphatic carbocycles. The van der Waals surface area contributed by atoms with Crippen LogP contribution in [0, 0.1) is 17.8 Å². The van der Waals surface area contributed by atoms with Crippen molar-refractivity contribution < 1.29 is 0 Å². The molecule has 112 valence electrons. The van der Waals surface area contributed by atoms with Crippen molar-refractivity contribution in [1.29, 1.82) is 0 Å². The van der Waals surface area contributed by atoms with Crippen molar-refractivity contribution in [3.05, 3.63) is 0 Å². The molecule has 0 aromatic heterocycles. The first kappa shape index (κ1) is 15.3. The second-order valence-electron chi connectivity index (χ2n) is 7.47. The highest BCUT2D eigenvalue weighted by Gasteiger charge is 2.29. The minimum absolute atomic E-state index is 0.779. The van der Waals surface area contributed by atoms with E-state index in [0.29, 0.717) is 0 Å². The number of hydrogen-bond donors (Lipinski definition) is 1. The van der Waals surface area contributed by atoms with E-state index >= 15 is 0 Å². The van der Waals surface area contributed by atoms with Crippen LogP contribution in [0.25, 0.3) is 0 Å². The van der Waals surface area contributed by atoms with E-state index in [0.717, 1.165) is 23.8 Å². The lowest BCUT2D eigenvalue weighted by molar-refractivity contribution is 0.211. The number of likely N-dealkylation sites (tertiary alicyclic amines) is 1. The van der Waals surface area contributed by atoms with Crippen LogP contribution in [0.2, 0.25) is 0 Å². The molecule has 1 saturated carbocycles. The standard InChI is InChI=1S/C17H34N2/c1-14(2)11-18-12-16-9-10-19(13-16)17-6-4-5-15(3)7-8-17/h14-18H,4-13H2,1-3H3. The van der Waals surface area contributed by atoms with Gasteiger partial charge in [0.1, 0.15) is 0 Å². The maximum Gasteiger partial charge on any atom is 0.00954 e. The summed E-state index contributed by atoms with van der Waals surface area (Å²) in [6, 6.07) is 0.903. The van der Waals surface area contributed by atoms with Crippen molar-refractivity contribution in [3.63, 3.8) is 0 Å². The zero-order chi connectivity index (χ0) is 13.7. The summed E-state index contributed by atoms with van der Waals surface area (Å²) in [4.78, 5) is 2.81. The van der Waals surface area contributed by atoms with Crippen molar-refractivity contribution in [2.75, 3.05) is 26.2 Å². The number of nitrogens with one attached hydrogen (secondary N) is 1. The molecule has 2 rings (SSSR count). The van der Waals surface area contributed by atoms with Gasteiger partial charge in [0.2, 0.25) is 0 Å². The normalized spacial score (nSPS) is 33.8. The van der Waals surface area contributed by atoms with E-state index in [1.54, 1.807) is 0 Å². The largest absolute Gasteiger partial charge is 0.316 e. The van der Waals surface area contributed by atoms with E-state index in [2.05, 4.69) is 31.0 Å². The predicted octanol–water partition coefficient (Wildman–Crippen LogP) is 3.52. The Morgan fingerprint density at radius 1 is 1.11 bits per heavy atom. The van der Waals surface area contributed by atoms with Crippen molar-refractivity contribution in [3.8, 4) is 0 Å². The third kappa shape index (κ3) is 5.07. The smallest absolute Gasteiger partial charge is 0.00954 e. The number of rotatable bonds is 5. The van der Waals surface area contributed by atoms with Gasteiger partial charge in [-0.3, -0.25) is 0 Å². The maximum atomic E-state index is 3.64. The number of nitrogens with zero attached hydrogens (tertiary/aromatic N) is 1. The summed E-state index contributed by atoms with van der Waals surface area (Å²) in [6.07, 6.45) is 8.70. The van der Waals surface area contributed by atoms with Gasteiger partial charge in [-0.1, -0.05) is 33.6 Å². The highest BCUT2D eigenvalue weighted by Crippen LogP contribution is 2.29. The van der Waals surface area contributed by atoms with Crippen LogP contribution in [-0.2, 0) is 0 Å². The minimum atomic E-state index is 0.779. The van der Waals surface area contributed by atoms with Crippen LogP contribution in [-0.4, -0.2) is 37.1 Å². The maximum absolute atomic E-state index is 3.64. The fourth-order valence-corrected chi connectivity index (χ4v) is 3.77. The Morgan fingerprint density at radius 2 is 1.95 bits per heavy atom. The zero-order valence-corrected chi connectivity index (χ0v) is 13.3. The fourth-order valence-electron chi connectivity index (χ4n) is 3.77. The molecular weight excluding hydrogens is 232 g/mol. The Balaban J connectivity index is 1.69. The monoisotopic (exact) mass is 266 g/mol. The summed E-state index contributed by atoms with van der Waals surface area (Å²) >= 11 is 0. The second kappa shape index (κ2) is 7.64. The molecule has 3 atom stereocenters. The first-order valence-corrected chi connectivity index (χ1v) is 8.60. The summed E-state index contributed by atoms with van der Waals surface area (Å²) in [6.45, 7) is 12.1.